The van der Waals surface area contributed by atoms with Crippen LogP contribution in [0.15, 0.2) is 23.1 Å². The van der Waals surface area contributed by atoms with Crippen LogP contribution in [-0.2, 0) is 14.3 Å². The molecule has 3 rings (SSSR count). The van der Waals surface area contributed by atoms with Crippen molar-refractivity contribution >= 4 is 40.6 Å². The van der Waals surface area contributed by atoms with Gasteiger partial charge in [-0.25, -0.2) is 0 Å². The summed E-state index contributed by atoms with van der Waals surface area (Å²) in [5.41, 5.74) is 3.45. The van der Waals surface area contributed by atoms with Crippen molar-refractivity contribution in [1.82, 2.24) is 4.90 Å². The topological polar surface area (TPSA) is 66.9 Å². The predicted octanol–water partition coefficient (Wildman–Crippen LogP) is 4.01. The van der Waals surface area contributed by atoms with Crippen molar-refractivity contribution in [2.75, 3.05) is 25.1 Å². The van der Waals surface area contributed by atoms with Crippen molar-refractivity contribution in [1.29, 1.82) is 0 Å². The summed E-state index contributed by atoms with van der Waals surface area (Å²) in [7, 11) is 1.23. The molecule has 0 saturated carbocycles. The number of nitrogens with zero attached hydrogens (tertiary/aromatic N) is 2. The van der Waals surface area contributed by atoms with E-state index >= 15 is 0 Å². The van der Waals surface area contributed by atoms with Gasteiger partial charge in [-0.1, -0.05) is 13.0 Å². The van der Waals surface area contributed by atoms with Crippen molar-refractivity contribution in [2.24, 2.45) is 0 Å². The molecule has 0 N–H and O–H groups in total. The summed E-state index contributed by atoms with van der Waals surface area (Å²) in [6.45, 7) is 9.48. The monoisotopic (exact) mass is 402 g/mol. The third kappa shape index (κ3) is 3.68. The van der Waals surface area contributed by atoms with Crippen molar-refractivity contribution in [3.05, 3.63) is 34.2 Å². The Balaban J connectivity index is 1.90. The van der Waals surface area contributed by atoms with Gasteiger partial charge < -0.3 is 9.64 Å². The molecule has 1 aromatic carbocycles. The molecule has 2 amide bonds. The largest absolute Gasteiger partial charge is 0.468 e. The van der Waals surface area contributed by atoms with Crippen LogP contribution >= 0.6 is 11.8 Å². The van der Waals surface area contributed by atoms with Crippen molar-refractivity contribution in [3.8, 4) is 0 Å². The lowest BCUT2D eigenvalue weighted by Crippen LogP contribution is -2.48. The van der Waals surface area contributed by atoms with Crippen LogP contribution in [0.25, 0.3) is 6.08 Å². The molecule has 0 spiro atoms. The van der Waals surface area contributed by atoms with Gasteiger partial charge in [-0.05, 0) is 74.2 Å². The normalized spacial score (nSPS) is 22.6. The summed E-state index contributed by atoms with van der Waals surface area (Å²) in [6, 6.07) is 6.18. The Morgan fingerprint density at radius 3 is 2.71 bits per heavy atom. The number of imide groups is 1. The molecule has 7 heteroatoms. The van der Waals surface area contributed by atoms with Gasteiger partial charge in [-0.15, -0.1) is 0 Å². The van der Waals surface area contributed by atoms with Gasteiger partial charge in [0.05, 0.1) is 12.0 Å². The third-order valence-corrected chi connectivity index (χ3v) is 6.32. The zero-order valence-electron chi connectivity index (χ0n) is 16.9. The van der Waals surface area contributed by atoms with Crippen LogP contribution in [-0.4, -0.2) is 47.8 Å². The lowest BCUT2D eigenvalue weighted by atomic mass is 9.79. The second-order valence-corrected chi connectivity index (χ2v) is 8.82. The van der Waals surface area contributed by atoms with E-state index in [1.165, 1.54) is 18.4 Å². The van der Waals surface area contributed by atoms with Gasteiger partial charge in [0.1, 0.15) is 6.54 Å². The number of benzene rings is 1. The number of amides is 2. The van der Waals surface area contributed by atoms with Gasteiger partial charge in [0.25, 0.3) is 11.1 Å². The lowest BCUT2D eigenvalue weighted by Gasteiger charge is -2.47. The molecule has 0 bridgehead atoms. The highest BCUT2D eigenvalue weighted by molar-refractivity contribution is 8.18. The summed E-state index contributed by atoms with van der Waals surface area (Å²) in [4.78, 5) is 39.7. The zero-order valence-corrected chi connectivity index (χ0v) is 17.8. The first kappa shape index (κ1) is 20.5. The second kappa shape index (κ2) is 7.62. The van der Waals surface area contributed by atoms with E-state index < -0.39 is 17.1 Å². The van der Waals surface area contributed by atoms with E-state index in [1.807, 2.05) is 6.07 Å². The van der Waals surface area contributed by atoms with Crippen molar-refractivity contribution < 1.29 is 19.1 Å². The molecular weight excluding hydrogens is 376 g/mol. The Morgan fingerprint density at radius 1 is 1.36 bits per heavy atom. The van der Waals surface area contributed by atoms with Crippen LogP contribution in [0.5, 0.6) is 0 Å². The van der Waals surface area contributed by atoms with Crippen LogP contribution in [0.1, 0.15) is 51.2 Å². The maximum Gasteiger partial charge on any atom is 0.325 e. The first-order valence-corrected chi connectivity index (χ1v) is 10.2. The average molecular weight is 403 g/mol. The van der Waals surface area contributed by atoms with Crippen LogP contribution in [0.2, 0.25) is 0 Å². The van der Waals surface area contributed by atoms with Gasteiger partial charge in [0.15, 0.2) is 0 Å². The predicted molar refractivity (Wildman–Crippen MR) is 111 cm³/mol. The number of rotatable bonds is 4. The molecular formula is C21H26N2O4S. The van der Waals surface area contributed by atoms with E-state index in [0.717, 1.165) is 35.2 Å². The maximum atomic E-state index is 12.5. The average Bonchev–Trinajstić information content (AvgIpc) is 2.89. The second-order valence-electron chi connectivity index (χ2n) is 7.82. The number of carbonyl (C=O) groups excluding carboxylic acids is 3. The Morgan fingerprint density at radius 2 is 2.07 bits per heavy atom. The summed E-state index contributed by atoms with van der Waals surface area (Å²) in [5.74, 6) is -0.675. The molecule has 1 aromatic rings. The van der Waals surface area contributed by atoms with Gasteiger partial charge in [0.2, 0.25) is 0 Å². The summed E-state index contributed by atoms with van der Waals surface area (Å²) in [5, 5.41) is -0.452. The number of anilines is 1. The molecule has 0 aliphatic carbocycles. The minimum absolute atomic E-state index is 0.0965. The van der Waals surface area contributed by atoms with Gasteiger partial charge in [-0.3, -0.25) is 19.3 Å². The molecule has 1 fully saturated rings. The Bertz CT molecular complexity index is 862. The van der Waals surface area contributed by atoms with E-state index in [1.54, 1.807) is 6.08 Å². The molecule has 2 aliphatic heterocycles. The smallest absolute Gasteiger partial charge is 0.325 e. The number of carbonyl (C=O) groups is 3. The SMILES string of the molecule is CCN1c2ccc(/C=C3/SC(=O)N(CC(=O)OC)C3=O)cc2[C@@H](C)CC1(C)C. The van der Waals surface area contributed by atoms with E-state index in [-0.39, 0.29) is 12.1 Å². The standard InChI is InChI=1S/C21H26N2O4S/c1-6-23-16-8-7-14(9-15(16)13(2)11-21(23,3)4)10-17-19(25)22(20(26)28-17)12-18(24)27-5/h7-10,13H,6,11-12H2,1-5H3/b17-10+/t13-/m0/s1. The minimum atomic E-state index is -0.617. The van der Waals surface area contributed by atoms with Crippen LogP contribution < -0.4 is 4.90 Å². The zero-order chi connectivity index (χ0) is 20.6. The minimum Gasteiger partial charge on any atom is -0.468 e. The number of hydrogen-bond donors (Lipinski definition) is 0. The Labute approximate surface area is 169 Å². The van der Waals surface area contributed by atoms with E-state index in [2.05, 4.69) is 49.5 Å². The lowest BCUT2D eigenvalue weighted by molar-refractivity contribution is -0.143. The molecule has 2 heterocycles. The van der Waals surface area contributed by atoms with Gasteiger partial charge >= 0.3 is 5.97 Å². The molecule has 150 valence electrons. The number of esters is 1. The fraction of sp³-hybridized carbons (Fsp3) is 0.476. The fourth-order valence-corrected chi connectivity index (χ4v) is 5.02. The maximum absolute atomic E-state index is 12.5. The van der Waals surface area contributed by atoms with E-state index in [4.69, 9.17) is 0 Å². The van der Waals surface area contributed by atoms with Crippen molar-refractivity contribution in [2.45, 2.75) is 45.6 Å². The number of thioether (sulfide) groups is 1. The van der Waals surface area contributed by atoms with Gasteiger partial charge in [-0.2, -0.15) is 0 Å². The first-order chi connectivity index (χ1) is 13.2. The van der Waals surface area contributed by atoms with E-state index in [9.17, 15) is 14.4 Å². The molecule has 2 aliphatic rings. The molecule has 0 radical (unpaired) electrons. The van der Waals surface area contributed by atoms with Crippen LogP contribution in [0, 0.1) is 0 Å². The van der Waals surface area contributed by atoms with Crippen molar-refractivity contribution in [3.63, 3.8) is 0 Å². The summed E-state index contributed by atoms with van der Waals surface area (Å²) in [6.07, 6.45) is 2.78. The fourth-order valence-electron chi connectivity index (χ4n) is 4.18. The number of hydrogen-bond acceptors (Lipinski definition) is 6. The number of methoxy groups -OCH3 is 1. The first-order valence-electron chi connectivity index (χ1n) is 9.41. The third-order valence-electron chi connectivity index (χ3n) is 5.41. The molecule has 28 heavy (non-hydrogen) atoms. The molecule has 0 unspecified atom stereocenters. The highest BCUT2D eigenvalue weighted by Crippen LogP contribution is 2.44. The Kier molecular flexibility index (Phi) is 5.57. The van der Waals surface area contributed by atoms with Crippen LogP contribution in [0.4, 0.5) is 10.5 Å². The molecule has 6 nitrogen and oxygen atoms in total. The highest BCUT2D eigenvalue weighted by atomic mass is 32.2. The quantitative estimate of drug-likeness (QED) is 0.560. The summed E-state index contributed by atoms with van der Waals surface area (Å²) < 4.78 is 4.56. The Hall–Kier alpha value is -2.28. The number of fused-ring (bicyclic) bond motifs is 1. The molecule has 0 aromatic heterocycles. The summed E-state index contributed by atoms with van der Waals surface area (Å²) >= 11 is 0.852. The molecule has 1 atom stereocenters. The van der Waals surface area contributed by atoms with Gasteiger partial charge in [0, 0.05) is 17.8 Å². The highest BCUT2D eigenvalue weighted by Gasteiger charge is 2.37. The number of ether oxygens (including phenoxy) is 1. The van der Waals surface area contributed by atoms with E-state index in [0.29, 0.717) is 10.8 Å². The molecule has 1 saturated heterocycles. The van der Waals surface area contributed by atoms with Crippen LogP contribution in [0.3, 0.4) is 0 Å².